The quantitative estimate of drug-likeness (QED) is 0.398. The molecule has 2 rings (SSSR count). The average molecular weight is 341 g/mol. The third-order valence-electron chi connectivity index (χ3n) is 2.93. The summed E-state index contributed by atoms with van der Waals surface area (Å²) >= 11 is 0. The number of carboxylic acids is 1. The number of benzene rings is 1. The Morgan fingerprint density at radius 2 is 1.92 bits per heavy atom. The molecule has 0 atom stereocenters. The van der Waals surface area contributed by atoms with Gasteiger partial charge in [-0.05, 0) is 35.9 Å². The number of carbonyl (C=O) groups excluding carboxylic acids is 2. The van der Waals surface area contributed by atoms with Crippen LogP contribution in [0.5, 0.6) is 0 Å². The summed E-state index contributed by atoms with van der Waals surface area (Å²) in [5.74, 6) is -1.44. The third-order valence-corrected chi connectivity index (χ3v) is 2.93. The number of furan rings is 1. The molecular formula is C17H15N3O5. The van der Waals surface area contributed by atoms with Crippen molar-refractivity contribution in [3.63, 3.8) is 0 Å². The smallest absolute Gasteiger partial charge is 0.335 e. The molecule has 0 aliphatic rings. The summed E-state index contributed by atoms with van der Waals surface area (Å²) in [5.41, 5.74) is 3.03. The van der Waals surface area contributed by atoms with Crippen LogP contribution < -0.4 is 10.7 Å². The normalized spacial score (nSPS) is 10.9. The lowest BCUT2D eigenvalue weighted by Crippen LogP contribution is -2.34. The van der Waals surface area contributed by atoms with Gasteiger partial charge in [-0.2, -0.15) is 5.10 Å². The van der Waals surface area contributed by atoms with Gasteiger partial charge < -0.3 is 14.8 Å². The van der Waals surface area contributed by atoms with Crippen molar-refractivity contribution < 1.29 is 23.9 Å². The van der Waals surface area contributed by atoms with Crippen LogP contribution in [0.3, 0.4) is 0 Å². The predicted octanol–water partition coefficient (Wildman–Crippen LogP) is 1.26. The van der Waals surface area contributed by atoms with Crippen molar-refractivity contribution in [3.8, 4) is 0 Å². The fraction of sp³-hybridized carbons (Fsp3) is 0.0588. The van der Waals surface area contributed by atoms with Gasteiger partial charge in [-0.1, -0.05) is 12.1 Å². The van der Waals surface area contributed by atoms with E-state index in [2.05, 4.69) is 15.8 Å². The van der Waals surface area contributed by atoms with Crippen molar-refractivity contribution in [1.82, 2.24) is 10.7 Å². The van der Waals surface area contributed by atoms with Crippen molar-refractivity contribution in [3.05, 3.63) is 65.6 Å². The Morgan fingerprint density at radius 3 is 2.56 bits per heavy atom. The number of amides is 2. The van der Waals surface area contributed by atoms with E-state index in [1.807, 2.05) is 0 Å². The van der Waals surface area contributed by atoms with E-state index < -0.39 is 17.8 Å². The molecule has 0 fully saturated rings. The van der Waals surface area contributed by atoms with E-state index in [0.29, 0.717) is 11.3 Å². The summed E-state index contributed by atoms with van der Waals surface area (Å²) in [7, 11) is 0. The summed E-state index contributed by atoms with van der Waals surface area (Å²) < 4.78 is 5.03. The fourth-order valence-electron chi connectivity index (χ4n) is 1.70. The number of nitrogens with zero attached hydrogens (tertiary/aromatic N) is 1. The Hall–Kier alpha value is -3.68. The Labute approximate surface area is 142 Å². The van der Waals surface area contributed by atoms with Gasteiger partial charge in [-0.25, -0.2) is 10.2 Å². The van der Waals surface area contributed by atoms with Crippen molar-refractivity contribution in [1.29, 1.82) is 0 Å². The number of carboxylic acid groups (broad SMARTS) is 1. The van der Waals surface area contributed by atoms with E-state index in [1.165, 1.54) is 36.8 Å². The van der Waals surface area contributed by atoms with Crippen molar-refractivity contribution in [2.45, 2.75) is 0 Å². The van der Waals surface area contributed by atoms with E-state index in [4.69, 9.17) is 9.52 Å². The molecule has 0 radical (unpaired) electrons. The van der Waals surface area contributed by atoms with Crippen molar-refractivity contribution in [2.24, 2.45) is 5.10 Å². The molecule has 0 aliphatic heterocycles. The summed E-state index contributed by atoms with van der Waals surface area (Å²) in [5, 5.41) is 14.9. The highest BCUT2D eigenvalue weighted by Gasteiger charge is 2.03. The average Bonchev–Trinajstić information content (AvgIpc) is 3.12. The minimum atomic E-state index is -1.02. The van der Waals surface area contributed by atoms with Gasteiger partial charge in [0.05, 0.1) is 24.6 Å². The molecule has 1 aromatic heterocycles. The molecule has 3 N–H and O–H groups in total. The van der Waals surface area contributed by atoms with Gasteiger partial charge in [-0.15, -0.1) is 0 Å². The first-order chi connectivity index (χ1) is 12.0. The highest BCUT2D eigenvalue weighted by atomic mass is 16.4. The molecule has 2 aromatic rings. The summed E-state index contributed by atoms with van der Waals surface area (Å²) in [4.78, 5) is 33.8. The van der Waals surface area contributed by atoms with E-state index >= 15 is 0 Å². The van der Waals surface area contributed by atoms with Gasteiger partial charge in [0, 0.05) is 6.08 Å². The second-order valence-electron chi connectivity index (χ2n) is 4.79. The largest absolute Gasteiger partial charge is 0.478 e. The predicted molar refractivity (Wildman–Crippen MR) is 89.9 cm³/mol. The lowest BCUT2D eigenvalue weighted by atomic mass is 10.1. The summed E-state index contributed by atoms with van der Waals surface area (Å²) in [6.07, 6.45) is 5.58. The highest BCUT2D eigenvalue weighted by molar-refractivity contribution is 5.94. The molecule has 1 heterocycles. The molecule has 2 amide bonds. The Kier molecular flexibility index (Phi) is 6.24. The van der Waals surface area contributed by atoms with Crippen LogP contribution in [-0.2, 0) is 9.59 Å². The lowest BCUT2D eigenvalue weighted by Gasteiger charge is -2.01. The van der Waals surface area contributed by atoms with Gasteiger partial charge in [-0.3, -0.25) is 9.59 Å². The maximum atomic E-state index is 11.6. The zero-order chi connectivity index (χ0) is 18.1. The van der Waals surface area contributed by atoms with Gasteiger partial charge in [0.15, 0.2) is 0 Å². The van der Waals surface area contributed by atoms with E-state index in [9.17, 15) is 14.4 Å². The molecule has 0 saturated heterocycles. The molecule has 0 spiro atoms. The fourth-order valence-corrected chi connectivity index (χ4v) is 1.70. The maximum Gasteiger partial charge on any atom is 0.335 e. The SMILES string of the molecule is O=C(/C=C/c1ccco1)NCC(=O)N/N=C/c1ccc(C(=O)O)cc1. The molecular weight excluding hydrogens is 326 g/mol. The van der Waals surface area contributed by atoms with Crippen LogP contribution in [0, 0.1) is 0 Å². The van der Waals surface area contributed by atoms with Gasteiger partial charge in [0.2, 0.25) is 5.91 Å². The van der Waals surface area contributed by atoms with Crippen LogP contribution in [-0.4, -0.2) is 35.6 Å². The van der Waals surface area contributed by atoms with E-state index in [0.717, 1.165) is 0 Å². The minimum absolute atomic E-state index is 0.159. The third kappa shape index (κ3) is 6.14. The Morgan fingerprint density at radius 1 is 1.16 bits per heavy atom. The molecule has 0 aliphatic carbocycles. The van der Waals surface area contributed by atoms with Gasteiger partial charge >= 0.3 is 5.97 Å². The number of hydrazone groups is 1. The molecule has 25 heavy (non-hydrogen) atoms. The number of nitrogens with one attached hydrogen (secondary N) is 2. The van der Waals surface area contributed by atoms with Crippen LogP contribution in [0.15, 0.2) is 58.3 Å². The van der Waals surface area contributed by atoms with E-state index in [-0.39, 0.29) is 12.1 Å². The van der Waals surface area contributed by atoms with Crippen LogP contribution >= 0.6 is 0 Å². The zero-order valence-electron chi connectivity index (χ0n) is 13.0. The topological polar surface area (TPSA) is 121 Å². The molecule has 0 saturated carbocycles. The lowest BCUT2D eigenvalue weighted by molar-refractivity contribution is -0.123. The molecule has 1 aromatic carbocycles. The standard InChI is InChI=1S/C17H15N3O5/c21-15(8-7-14-2-1-9-25-14)18-11-16(22)20-19-10-12-3-5-13(6-4-12)17(23)24/h1-10H,11H2,(H,18,21)(H,20,22)(H,23,24)/b8-7+,19-10+. The van der Waals surface area contributed by atoms with Crippen LogP contribution in [0.25, 0.3) is 6.08 Å². The Bertz CT molecular complexity index is 792. The van der Waals surface area contributed by atoms with Crippen LogP contribution in [0.4, 0.5) is 0 Å². The van der Waals surface area contributed by atoms with Crippen LogP contribution in [0.1, 0.15) is 21.7 Å². The zero-order valence-corrected chi connectivity index (χ0v) is 13.0. The highest BCUT2D eigenvalue weighted by Crippen LogP contribution is 2.02. The van der Waals surface area contributed by atoms with Crippen molar-refractivity contribution >= 4 is 30.1 Å². The van der Waals surface area contributed by atoms with E-state index in [1.54, 1.807) is 24.3 Å². The monoisotopic (exact) mass is 341 g/mol. The molecule has 0 bridgehead atoms. The first kappa shape index (κ1) is 17.7. The second kappa shape index (κ2) is 8.82. The van der Waals surface area contributed by atoms with Gasteiger partial charge in [0.25, 0.3) is 5.91 Å². The molecule has 0 unspecified atom stereocenters. The minimum Gasteiger partial charge on any atom is -0.478 e. The van der Waals surface area contributed by atoms with Crippen molar-refractivity contribution in [2.75, 3.05) is 6.54 Å². The summed E-state index contributed by atoms with van der Waals surface area (Å²) in [6, 6.07) is 9.35. The van der Waals surface area contributed by atoms with Crippen LogP contribution in [0.2, 0.25) is 0 Å². The van der Waals surface area contributed by atoms with Gasteiger partial charge in [0.1, 0.15) is 5.76 Å². The second-order valence-corrected chi connectivity index (χ2v) is 4.79. The molecule has 128 valence electrons. The number of carbonyl (C=O) groups is 3. The molecule has 8 heteroatoms. The number of rotatable bonds is 7. The maximum absolute atomic E-state index is 11.6. The first-order valence-corrected chi connectivity index (χ1v) is 7.19. The molecule has 8 nitrogen and oxygen atoms in total. The number of aromatic carboxylic acids is 1. The Balaban J connectivity index is 1.72. The summed E-state index contributed by atoms with van der Waals surface area (Å²) in [6.45, 7) is -0.239. The number of hydrogen-bond donors (Lipinski definition) is 3. The number of hydrogen-bond acceptors (Lipinski definition) is 5. The first-order valence-electron chi connectivity index (χ1n) is 7.19.